The Morgan fingerprint density at radius 1 is 1.36 bits per heavy atom. The van der Waals surface area contributed by atoms with E-state index >= 15 is 0 Å². The van der Waals surface area contributed by atoms with Gasteiger partial charge in [-0.25, -0.2) is 0 Å². The second-order valence-electron chi connectivity index (χ2n) is 4.27. The van der Waals surface area contributed by atoms with E-state index in [2.05, 4.69) is 10.2 Å². The van der Waals surface area contributed by atoms with Crippen LogP contribution in [0.3, 0.4) is 0 Å². The summed E-state index contributed by atoms with van der Waals surface area (Å²) in [5.41, 5.74) is 0. The smallest absolute Gasteiger partial charge is 0.317 e. The molecule has 2 N–H and O–H groups in total. The SMILES string of the molecule is O=C(O)CNC1CCN2CCCCC12. The second kappa shape index (κ2) is 4.28. The third-order valence-corrected chi connectivity index (χ3v) is 3.37. The molecule has 2 aliphatic heterocycles. The van der Waals surface area contributed by atoms with E-state index in [1.54, 1.807) is 0 Å². The van der Waals surface area contributed by atoms with Crippen LogP contribution in [0, 0.1) is 0 Å². The van der Waals surface area contributed by atoms with Gasteiger partial charge in [-0.1, -0.05) is 6.42 Å². The maximum absolute atomic E-state index is 10.4. The Morgan fingerprint density at radius 3 is 3.00 bits per heavy atom. The van der Waals surface area contributed by atoms with Crippen LogP contribution in [0.2, 0.25) is 0 Å². The van der Waals surface area contributed by atoms with Crippen LogP contribution in [0.15, 0.2) is 0 Å². The summed E-state index contributed by atoms with van der Waals surface area (Å²) in [4.78, 5) is 12.9. The van der Waals surface area contributed by atoms with Crippen molar-refractivity contribution in [3.63, 3.8) is 0 Å². The van der Waals surface area contributed by atoms with Gasteiger partial charge in [0.2, 0.25) is 0 Å². The molecule has 2 saturated heterocycles. The van der Waals surface area contributed by atoms with Gasteiger partial charge < -0.3 is 10.4 Å². The summed E-state index contributed by atoms with van der Waals surface area (Å²) in [6.07, 6.45) is 4.95. The fourth-order valence-electron chi connectivity index (χ4n) is 2.70. The van der Waals surface area contributed by atoms with Crippen LogP contribution in [-0.2, 0) is 4.79 Å². The van der Waals surface area contributed by atoms with Crippen molar-refractivity contribution in [3.8, 4) is 0 Å². The first kappa shape index (κ1) is 9.93. The Labute approximate surface area is 84.3 Å². The quantitative estimate of drug-likeness (QED) is 0.684. The molecular formula is C10H18N2O2. The maximum atomic E-state index is 10.4. The van der Waals surface area contributed by atoms with Gasteiger partial charge in [-0.05, 0) is 25.8 Å². The zero-order valence-electron chi connectivity index (χ0n) is 8.41. The average molecular weight is 198 g/mol. The van der Waals surface area contributed by atoms with Gasteiger partial charge in [-0.2, -0.15) is 0 Å². The minimum atomic E-state index is -0.751. The summed E-state index contributed by atoms with van der Waals surface area (Å²) in [5, 5.41) is 11.7. The predicted molar refractivity (Wildman–Crippen MR) is 53.3 cm³/mol. The van der Waals surface area contributed by atoms with E-state index in [9.17, 15) is 4.79 Å². The van der Waals surface area contributed by atoms with Crippen molar-refractivity contribution in [1.82, 2.24) is 10.2 Å². The van der Waals surface area contributed by atoms with Crippen molar-refractivity contribution in [3.05, 3.63) is 0 Å². The first-order valence-electron chi connectivity index (χ1n) is 5.46. The molecule has 14 heavy (non-hydrogen) atoms. The van der Waals surface area contributed by atoms with Gasteiger partial charge in [-0.15, -0.1) is 0 Å². The van der Waals surface area contributed by atoms with Crippen LogP contribution in [0.1, 0.15) is 25.7 Å². The van der Waals surface area contributed by atoms with Gasteiger partial charge in [-0.3, -0.25) is 9.69 Å². The van der Waals surface area contributed by atoms with E-state index in [-0.39, 0.29) is 6.54 Å². The Kier molecular flexibility index (Phi) is 3.03. The highest BCUT2D eigenvalue weighted by Gasteiger charge is 2.35. The Hall–Kier alpha value is -0.610. The van der Waals surface area contributed by atoms with Crippen LogP contribution in [-0.4, -0.2) is 47.7 Å². The Bertz CT molecular complexity index is 220. The third-order valence-electron chi connectivity index (χ3n) is 3.37. The Balaban J connectivity index is 1.84. The molecule has 0 aliphatic carbocycles. The van der Waals surface area contributed by atoms with Crippen molar-refractivity contribution >= 4 is 5.97 Å². The molecule has 2 fully saturated rings. The molecule has 4 nitrogen and oxygen atoms in total. The van der Waals surface area contributed by atoms with Gasteiger partial charge in [0.1, 0.15) is 0 Å². The normalized spacial score (nSPS) is 32.9. The van der Waals surface area contributed by atoms with Gasteiger partial charge in [0.25, 0.3) is 0 Å². The molecule has 80 valence electrons. The number of carboxylic acid groups (broad SMARTS) is 1. The van der Waals surface area contributed by atoms with E-state index in [1.165, 1.54) is 25.8 Å². The standard InChI is InChI=1S/C10H18N2O2/c13-10(14)7-11-8-4-6-12-5-2-1-3-9(8)12/h8-9,11H,1-7H2,(H,13,14). The number of hydrogen-bond acceptors (Lipinski definition) is 3. The largest absolute Gasteiger partial charge is 0.480 e. The van der Waals surface area contributed by atoms with Gasteiger partial charge in [0.15, 0.2) is 0 Å². The van der Waals surface area contributed by atoms with Crippen molar-refractivity contribution in [1.29, 1.82) is 0 Å². The number of piperidine rings is 1. The van der Waals surface area contributed by atoms with Crippen LogP contribution in [0.5, 0.6) is 0 Å². The summed E-state index contributed by atoms with van der Waals surface area (Å²) in [6.45, 7) is 2.45. The van der Waals surface area contributed by atoms with Gasteiger partial charge in [0, 0.05) is 18.6 Å². The number of nitrogens with zero attached hydrogens (tertiary/aromatic N) is 1. The summed E-state index contributed by atoms with van der Waals surface area (Å²) in [5.74, 6) is -0.751. The monoisotopic (exact) mass is 198 g/mol. The molecule has 2 heterocycles. The van der Waals surface area contributed by atoms with Gasteiger partial charge >= 0.3 is 5.97 Å². The zero-order chi connectivity index (χ0) is 9.97. The topological polar surface area (TPSA) is 52.6 Å². The maximum Gasteiger partial charge on any atom is 0.317 e. The lowest BCUT2D eigenvalue weighted by atomic mass is 9.99. The summed E-state index contributed by atoms with van der Waals surface area (Å²) >= 11 is 0. The van der Waals surface area contributed by atoms with Crippen LogP contribution in [0.25, 0.3) is 0 Å². The first-order valence-corrected chi connectivity index (χ1v) is 5.46. The zero-order valence-corrected chi connectivity index (χ0v) is 8.41. The lowest BCUT2D eigenvalue weighted by Gasteiger charge is -2.32. The minimum Gasteiger partial charge on any atom is -0.480 e. The molecule has 0 radical (unpaired) electrons. The number of nitrogens with one attached hydrogen (secondary N) is 1. The fraction of sp³-hybridized carbons (Fsp3) is 0.900. The highest BCUT2D eigenvalue weighted by molar-refractivity contribution is 5.69. The molecule has 0 aromatic heterocycles. The number of aliphatic carboxylic acids is 1. The molecule has 2 aliphatic rings. The molecule has 0 spiro atoms. The molecule has 2 rings (SSSR count). The van der Waals surface area contributed by atoms with Crippen molar-refractivity contribution in [2.24, 2.45) is 0 Å². The Morgan fingerprint density at radius 2 is 2.21 bits per heavy atom. The van der Waals surface area contributed by atoms with Crippen LogP contribution in [0.4, 0.5) is 0 Å². The lowest BCUT2D eigenvalue weighted by Crippen LogP contribution is -2.46. The average Bonchev–Trinajstić information content (AvgIpc) is 2.58. The van der Waals surface area contributed by atoms with Crippen molar-refractivity contribution in [2.75, 3.05) is 19.6 Å². The molecule has 0 aromatic rings. The number of carbonyl (C=O) groups is 1. The molecule has 0 amide bonds. The fourth-order valence-corrected chi connectivity index (χ4v) is 2.70. The number of carboxylic acids is 1. The van der Waals surface area contributed by atoms with Crippen molar-refractivity contribution < 1.29 is 9.90 Å². The summed E-state index contributed by atoms with van der Waals surface area (Å²) in [6, 6.07) is 1.01. The third kappa shape index (κ3) is 2.07. The first-order chi connectivity index (χ1) is 6.77. The van der Waals surface area contributed by atoms with E-state index in [1.807, 2.05) is 0 Å². The molecule has 2 atom stereocenters. The molecule has 2 unspecified atom stereocenters. The molecule has 0 aromatic carbocycles. The van der Waals surface area contributed by atoms with E-state index in [4.69, 9.17) is 5.11 Å². The van der Waals surface area contributed by atoms with Gasteiger partial charge in [0.05, 0.1) is 6.54 Å². The van der Waals surface area contributed by atoms with Crippen molar-refractivity contribution in [2.45, 2.75) is 37.8 Å². The summed E-state index contributed by atoms with van der Waals surface area (Å²) in [7, 11) is 0. The lowest BCUT2D eigenvalue weighted by molar-refractivity contribution is -0.136. The van der Waals surface area contributed by atoms with Crippen LogP contribution < -0.4 is 5.32 Å². The minimum absolute atomic E-state index is 0.106. The number of fused-ring (bicyclic) bond motifs is 1. The molecule has 4 heteroatoms. The highest BCUT2D eigenvalue weighted by atomic mass is 16.4. The van der Waals surface area contributed by atoms with E-state index in [0.29, 0.717) is 12.1 Å². The number of rotatable bonds is 3. The highest BCUT2D eigenvalue weighted by Crippen LogP contribution is 2.26. The van der Waals surface area contributed by atoms with E-state index in [0.717, 1.165) is 13.0 Å². The molecular weight excluding hydrogens is 180 g/mol. The summed E-state index contributed by atoms with van der Waals surface area (Å²) < 4.78 is 0. The predicted octanol–water partition coefficient (Wildman–Crippen LogP) is 0.287. The molecule has 0 bridgehead atoms. The number of hydrogen-bond donors (Lipinski definition) is 2. The van der Waals surface area contributed by atoms with Crippen LogP contribution >= 0.6 is 0 Å². The second-order valence-corrected chi connectivity index (χ2v) is 4.27. The molecule has 0 saturated carbocycles. The van der Waals surface area contributed by atoms with E-state index < -0.39 is 5.97 Å².